The first-order chi connectivity index (χ1) is 7.85. The van der Waals surface area contributed by atoms with Crippen LogP contribution in [0, 0.1) is 0 Å². The van der Waals surface area contributed by atoms with Gasteiger partial charge in [0.2, 0.25) is 0 Å². The van der Waals surface area contributed by atoms with Gasteiger partial charge in [-0.2, -0.15) is 0 Å². The molecule has 0 fully saturated rings. The Kier molecular flexibility index (Phi) is 3.26. The van der Waals surface area contributed by atoms with E-state index in [2.05, 4.69) is 10.4 Å². The Morgan fingerprint density at radius 1 is 1.50 bits per heavy atom. The van der Waals surface area contributed by atoms with Gasteiger partial charge in [0.05, 0.1) is 0 Å². The summed E-state index contributed by atoms with van der Waals surface area (Å²) in [6.45, 7) is 3.01. The van der Waals surface area contributed by atoms with Gasteiger partial charge in [-0.25, -0.2) is 5.84 Å². The topological polar surface area (TPSA) is 68.9 Å². The number of rotatable bonds is 2. The lowest BCUT2D eigenvalue weighted by atomic mass is 10.2. The van der Waals surface area contributed by atoms with Crippen molar-refractivity contribution in [2.45, 2.75) is 13.0 Å². The van der Waals surface area contributed by atoms with E-state index in [0.717, 1.165) is 11.5 Å². The highest BCUT2D eigenvalue weighted by atomic mass is 16.6. The summed E-state index contributed by atoms with van der Waals surface area (Å²) in [5, 5.41) is 0. The van der Waals surface area contributed by atoms with E-state index in [9.17, 15) is 0 Å². The number of nitrogens with zero attached hydrogens (tertiary/aromatic N) is 1. The molecule has 0 aliphatic carbocycles. The fourth-order valence-electron chi connectivity index (χ4n) is 1.57. The van der Waals surface area contributed by atoms with Crippen LogP contribution in [0.5, 0.6) is 11.5 Å². The molecule has 0 saturated heterocycles. The average molecular weight is 221 g/mol. The molecule has 1 heterocycles. The van der Waals surface area contributed by atoms with Gasteiger partial charge in [-0.15, -0.1) is 0 Å². The van der Waals surface area contributed by atoms with Crippen LogP contribution in [0.2, 0.25) is 0 Å². The van der Waals surface area contributed by atoms with E-state index in [0.29, 0.717) is 19.0 Å². The lowest BCUT2D eigenvalue weighted by Crippen LogP contribution is -2.47. The van der Waals surface area contributed by atoms with Crippen molar-refractivity contribution < 1.29 is 9.47 Å². The number of nitrogens with one attached hydrogen (secondary N) is 1. The number of aliphatic imine (C=N–C) groups is 1. The van der Waals surface area contributed by atoms with Crippen molar-refractivity contribution in [1.29, 1.82) is 0 Å². The molecule has 0 radical (unpaired) electrons. The minimum Gasteiger partial charge on any atom is -0.485 e. The fraction of sp³-hybridized carbons (Fsp3) is 0.364. The summed E-state index contributed by atoms with van der Waals surface area (Å²) in [4.78, 5) is 4.21. The van der Waals surface area contributed by atoms with E-state index in [4.69, 9.17) is 15.3 Å². The molecular formula is C11H15N3O2. The van der Waals surface area contributed by atoms with Crippen LogP contribution in [0.15, 0.2) is 29.3 Å². The molecule has 3 N–H and O–H groups in total. The zero-order valence-corrected chi connectivity index (χ0v) is 9.14. The molecule has 0 amide bonds. The summed E-state index contributed by atoms with van der Waals surface area (Å²) in [5.74, 6) is 7.48. The van der Waals surface area contributed by atoms with Crippen LogP contribution in [0.1, 0.15) is 6.92 Å². The lowest BCUT2D eigenvalue weighted by Gasteiger charge is -2.26. The van der Waals surface area contributed by atoms with Crippen LogP contribution < -0.4 is 20.7 Å². The van der Waals surface area contributed by atoms with Crippen molar-refractivity contribution in [2.24, 2.45) is 10.8 Å². The van der Waals surface area contributed by atoms with Gasteiger partial charge in [-0.05, 0) is 19.1 Å². The number of amidine groups is 1. The zero-order valence-electron chi connectivity index (χ0n) is 9.14. The molecule has 0 bridgehead atoms. The average Bonchev–Trinajstić information content (AvgIpc) is 2.35. The van der Waals surface area contributed by atoms with Crippen molar-refractivity contribution in [3.63, 3.8) is 0 Å². The standard InChI is InChI=1S/C11H15N3O2/c1-2-13-11(14-12)10-7-15-8-5-3-4-6-9(8)16-10/h3-6,10H,2,7,12H2,1H3,(H,13,14). The van der Waals surface area contributed by atoms with Gasteiger partial charge in [0.1, 0.15) is 6.61 Å². The molecule has 16 heavy (non-hydrogen) atoms. The minimum atomic E-state index is -0.264. The first-order valence-corrected chi connectivity index (χ1v) is 5.24. The minimum absolute atomic E-state index is 0.264. The van der Waals surface area contributed by atoms with Crippen LogP contribution in [0.25, 0.3) is 0 Å². The Balaban J connectivity index is 2.16. The second-order valence-corrected chi connectivity index (χ2v) is 3.37. The van der Waals surface area contributed by atoms with Gasteiger partial charge >= 0.3 is 0 Å². The molecule has 1 aliphatic rings. The molecule has 0 spiro atoms. The fourth-order valence-corrected chi connectivity index (χ4v) is 1.57. The quantitative estimate of drug-likeness (QED) is 0.334. The highest BCUT2D eigenvalue weighted by Crippen LogP contribution is 2.30. The summed E-state index contributed by atoms with van der Waals surface area (Å²) in [6, 6.07) is 7.54. The molecule has 86 valence electrons. The number of hydrazine groups is 1. The largest absolute Gasteiger partial charge is 0.485 e. The Morgan fingerprint density at radius 3 is 2.94 bits per heavy atom. The highest BCUT2D eigenvalue weighted by Gasteiger charge is 2.24. The number of benzene rings is 1. The van der Waals surface area contributed by atoms with E-state index >= 15 is 0 Å². The molecule has 1 atom stereocenters. The van der Waals surface area contributed by atoms with E-state index in [1.165, 1.54) is 0 Å². The monoisotopic (exact) mass is 221 g/mol. The molecule has 2 rings (SSSR count). The summed E-state index contributed by atoms with van der Waals surface area (Å²) in [5.41, 5.74) is 2.55. The van der Waals surface area contributed by atoms with Gasteiger partial charge in [0.25, 0.3) is 0 Å². The molecule has 0 saturated carbocycles. The molecular weight excluding hydrogens is 206 g/mol. The first-order valence-electron chi connectivity index (χ1n) is 5.24. The van der Waals surface area contributed by atoms with Crippen molar-refractivity contribution in [3.05, 3.63) is 24.3 Å². The lowest BCUT2D eigenvalue weighted by molar-refractivity contribution is 0.132. The van der Waals surface area contributed by atoms with Crippen molar-refractivity contribution in [3.8, 4) is 11.5 Å². The highest BCUT2D eigenvalue weighted by molar-refractivity contribution is 5.86. The SMILES string of the molecule is CCN=C(NN)C1COc2ccccc2O1. The number of hydrogen-bond donors (Lipinski definition) is 2. The van der Waals surface area contributed by atoms with Gasteiger partial charge < -0.3 is 14.9 Å². The molecule has 0 aromatic heterocycles. The summed E-state index contributed by atoms with van der Waals surface area (Å²) < 4.78 is 11.3. The summed E-state index contributed by atoms with van der Waals surface area (Å²) in [6.07, 6.45) is -0.264. The van der Waals surface area contributed by atoms with Gasteiger partial charge in [-0.3, -0.25) is 4.99 Å². The second kappa shape index (κ2) is 4.85. The molecule has 1 aliphatic heterocycles. The van der Waals surface area contributed by atoms with Crippen molar-refractivity contribution in [2.75, 3.05) is 13.2 Å². The summed E-state index contributed by atoms with van der Waals surface area (Å²) >= 11 is 0. The molecule has 1 unspecified atom stereocenters. The maximum Gasteiger partial charge on any atom is 0.190 e. The normalized spacial score (nSPS) is 19.4. The van der Waals surface area contributed by atoms with Crippen molar-refractivity contribution >= 4 is 5.84 Å². The number of hydrogen-bond acceptors (Lipinski definition) is 4. The van der Waals surface area contributed by atoms with E-state index in [-0.39, 0.29) is 6.10 Å². The Bertz CT molecular complexity index is 393. The Labute approximate surface area is 94.2 Å². The molecule has 5 heteroatoms. The van der Waals surface area contributed by atoms with Gasteiger partial charge in [0, 0.05) is 6.54 Å². The van der Waals surface area contributed by atoms with Crippen LogP contribution in [0.3, 0.4) is 0 Å². The third-order valence-corrected chi connectivity index (χ3v) is 2.29. The van der Waals surface area contributed by atoms with Gasteiger partial charge in [0.15, 0.2) is 23.4 Å². The van der Waals surface area contributed by atoms with E-state index in [1.54, 1.807) is 0 Å². The molecule has 1 aromatic carbocycles. The van der Waals surface area contributed by atoms with Crippen molar-refractivity contribution in [1.82, 2.24) is 5.43 Å². The smallest absolute Gasteiger partial charge is 0.190 e. The van der Waals surface area contributed by atoms with Crippen LogP contribution in [0.4, 0.5) is 0 Å². The molecule has 5 nitrogen and oxygen atoms in total. The van der Waals surface area contributed by atoms with E-state index in [1.807, 2.05) is 31.2 Å². The predicted molar refractivity (Wildman–Crippen MR) is 61.7 cm³/mol. The second-order valence-electron chi connectivity index (χ2n) is 3.37. The molecule has 1 aromatic rings. The van der Waals surface area contributed by atoms with Crippen LogP contribution >= 0.6 is 0 Å². The maximum atomic E-state index is 5.74. The Morgan fingerprint density at radius 2 is 2.25 bits per heavy atom. The summed E-state index contributed by atoms with van der Waals surface area (Å²) in [7, 11) is 0. The Hall–Kier alpha value is -1.75. The number of para-hydroxylation sites is 2. The van der Waals surface area contributed by atoms with E-state index < -0.39 is 0 Å². The maximum absolute atomic E-state index is 5.74. The van der Waals surface area contributed by atoms with Gasteiger partial charge in [-0.1, -0.05) is 12.1 Å². The van der Waals surface area contributed by atoms with Crippen LogP contribution in [-0.2, 0) is 0 Å². The third-order valence-electron chi connectivity index (χ3n) is 2.29. The number of nitrogens with two attached hydrogens (primary N) is 1. The first kappa shape index (κ1) is 10.8. The number of ether oxygens (including phenoxy) is 2. The van der Waals surface area contributed by atoms with Crippen LogP contribution in [-0.4, -0.2) is 25.1 Å². The third kappa shape index (κ3) is 2.09. The zero-order chi connectivity index (χ0) is 11.4. The predicted octanol–water partition coefficient (Wildman–Crippen LogP) is 0.708. The number of fused-ring (bicyclic) bond motifs is 1.